The summed E-state index contributed by atoms with van der Waals surface area (Å²) in [6.45, 7) is 1.84. The molecule has 0 bridgehead atoms. The van der Waals surface area contributed by atoms with Gasteiger partial charge in [0.1, 0.15) is 11.6 Å². The Bertz CT molecular complexity index is 389. The standard InChI is InChI=1S/C11H16N4O2/c1-8(16)5-14-11(17)15-7-9-3-4-10(12-2)13-6-9/h3-4,6H,5,7H2,1-2H3,(H,12,13)(H2,14,15,17). The first-order valence-corrected chi connectivity index (χ1v) is 5.25. The second-order valence-corrected chi connectivity index (χ2v) is 3.54. The molecule has 0 atom stereocenters. The van der Waals surface area contributed by atoms with Gasteiger partial charge in [-0.05, 0) is 18.6 Å². The highest BCUT2D eigenvalue weighted by molar-refractivity contribution is 5.83. The average Bonchev–Trinajstić information content (AvgIpc) is 2.34. The third-order valence-corrected chi connectivity index (χ3v) is 2.03. The fourth-order valence-electron chi connectivity index (χ4n) is 1.13. The van der Waals surface area contributed by atoms with Gasteiger partial charge in [0.2, 0.25) is 0 Å². The van der Waals surface area contributed by atoms with Crippen molar-refractivity contribution in [1.29, 1.82) is 0 Å². The fraction of sp³-hybridized carbons (Fsp3) is 0.364. The number of ketones is 1. The smallest absolute Gasteiger partial charge is 0.315 e. The number of hydrogen-bond donors (Lipinski definition) is 3. The molecule has 2 amide bonds. The van der Waals surface area contributed by atoms with Gasteiger partial charge in [-0.1, -0.05) is 6.07 Å². The van der Waals surface area contributed by atoms with Gasteiger partial charge in [-0.15, -0.1) is 0 Å². The molecule has 6 nitrogen and oxygen atoms in total. The minimum Gasteiger partial charge on any atom is -0.373 e. The fourth-order valence-corrected chi connectivity index (χ4v) is 1.13. The molecule has 6 heteroatoms. The van der Waals surface area contributed by atoms with Gasteiger partial charge in [0, 0.05) is 19.8 Å². The zero-order valence-corrected chi connectivity index (χ0v) is 9.91. The summed E-state index contributed by atoms with van der Waals surface area (Å²) in [4.78, 5) is 26.0. The predicted octanol–water partition coefficient (Wildman–Crippen LogP) is 0.511. The van der Waals surface area contributed by atoms with Gasteiger partial charge in [-0.3, -0.25) is 4.79 Å². The molecule has 17 heavy (non-hydrogen) atoms. The van der Waals surface area contributed by atoms with Crippen molar-refractivity contribution in [3.05, 3.63) is 23.9 Å². The van der Waals surface area contributed by atoms with Gasteiger partial charge in [0.15, 0.2) is 0 Å². The second-order valence-electron chi connectivity index (χ2n) is 3.54. The Morgan fingerprint density at radius 2 is 2.06 bits per heavy atom. The lowest BCUT2D eigenvalue weighted by Gasteiger charge is -2.06. The van der Waals surface area contributed by atoms with Gasteiger partial charge >= 0.3 is 6.03 Å². The maximum Gasteiger partial charge on any atom is 0.315 e. The number of carbonyl (C=O) groups excluding carboxylic acids is 2. The SMILES string of the molecule is CNc1ccc(CNC(=O)NCC(C)=O)cn1. The van der Waals surface area contributed by atoms with E-state index in [9.17, 15) is 9.59 Å². The molecule has 0 aliphatic carbocycles. The van der Waals surface area contributed by atoms with Crippen LogP contribution >= 0.6 is 0 Å². The second kappa shape index (κ2) is 6.47. The highest BCUT2D eigenvalue weighted by Gasteiger charge is 2.01. The van der Waals surface area contributed by atoms with Crippen LogP contribution in [0.4, 0.5) is 10.6 Å². The Balaban J connectivity index is 2.34. The van der Waals surface area contributed by atoms with E-state index in [2.05, 4.69) is 20.9 Å². The van der Waals surface area contributed by atoms with Crippen LogP contribution in [-0.4, -0.2) is 30.4 Å². The molecule has 1 aromatic rings. The van der Waals surface area contributed by atoms with Crippen molar-refractivity contribution in [2.45, 2.75) is 13.5 Å². The Labute approximate surface area is 99.8 Å². The number of hydrogen-bond acceptors (Lipinski definition) is 4. The lowest BCUT2D eigenvalue weighted by atomic mass is 10.3. The lowest BCUT2D eigenvalue weighted by Crippen LogP contribution is -2.37. The van der Waals surface area contributed by atoms with Gasteiger partial charge in [0.05, 0.1) is 6.54 Å². The predicted molar refractivity (Wildman–Crippen MR) is 64.7 cm³/mol. The summed E-state index contributed by atoms with van der Waals surface area (Å²) in [5.41, 5.74) is 0.891. The molecular weight excluding hydrogens is 220 g/mol. The molecule has 1 heterocycles. The van der Waals surface area contributed by atoms with Crippen LogP contribution in [0.15, 0.2) is 18.3 Å². The largest absolute Gasteiger partial charge is 0.373 e. The van der Waals surface area contributed by atoms with Crippen molar-refractivity contribution >= 4 is 17.6 Å². The number of nitrogens with zero attached hydrogens (tertiary/aromatic N) is 1. The minimum absolute atomic E-state index is 0.0444. The van der Waals surface area contributed by atoms with Crippen molar-refractivity contribution < 1.29 is 9.59 Å². The Morgan fingerprint density at radius 3 is 2.59 bits per heavy atom. The Hall–Kier alpha value is -2.11. The molecule has 3 N–H and O–H groups in total. The van der Waals surface area contributed by atoms with E-state index in [1.165, 1.54) is 6.92 Å². The number of nitrogens with one attached hydrogen (secondary N) is 3. The van der Waals surface area contributed by atoms with E-state index in [0.29, 0.717) is 6.54 Å². The molecule has 0 unspecified atom stereocenters. The van der Waals surface area contributed by atoms with E-state index in [0.717, 1.165) is 11.4 Å². The number of amides is 2. The van der Waals surface area contributed by atoms with Crippen molar-refractivity contribution in [3.8, 4) is 0 Å². The quantitative estimate of drug-likeness (QED) is 0.695. The van der Waals surface area contributed by atoms with Crippen molar-refractivity contribution in [1.82, 2.24) is 15.6 Å². The monoisotopic (exact) mass is 236 g/mol. The maximum atomic E-state index is 11.2. The van der Waals surface area contributed by atoms with Crippen LogP contribution in [0.5, 0.6) is 0 Å². The third kappa shape index (κ3) is 4.96. The van der Waals surface area contributed by atoms with Crippen LogP contribution in [0.3, 0.4) is 0 Å². The van der Waals surface area contributed by atoms with Crippen LogP contribution in [0, 0.1) is 0 Å². The first-order valence-electron chi connectivity index (χ1n) is 5.25. The number of aromatic nitrogens is 1. The molecule has 0 aliphatic heterocycles. The highest BCUT2D eigenvalue weighted by Crippen LogP contribution is 2.03. The molecule has 0 saturated carbocycles. The van der Waals surface area contributed by atoms with Gasteiger partial charge in [-0.2, -0.15) is 0 Å². The van der Waals surface area contributed by atoms with Crippen LogP contribution in [0.1, 0.15) is 12.5 Å². The van der Waals surface area contributed by atoms with Crippen molar-refractivity contribution in [2.75, 3.05) is 18.9 Å². The van der Waals surface area contributed by atoms with Gasteiger partial charge in [0.25, 0.3) is 0 Å². The zero-order valence-electron chi connectivity index (χ0n) is 9.91. The average molecular weight is 236 g/mol. The van der Waals surface area contributed by atoms with Crippen LogP contribution in [0.2, 0.25) is 0 Å². The van der Waals surface area contributed by atoms with Crippen molar-refractivity contribution in [3.63, 3.8) is 0 Å². The molecule has 0 aliphatic rings. The summed E-state index contributed by atoms with van der Waals surface area (Å²) in [7, 11) is 1.79. The molecule has 0 spiro atoms. The van der Waals surface area contributed by atoms with E-state index in [-0.39, 0.29) is 18.4 Å². The number of Topliss-reactive ketones (excluding diaryl/α,β-unsaturated/α-hetero) is 1. The van der Waals surface area contributed by atoms with E-state index in [1.807, 2.05) is 12.1 Å². The Kier molecular flexibility index (Phi) is 4.93. The van der Waals surface area contributed by atoms with Crippen LogP contribution < -0.4 is 16.0 Å². The number of urea groups is 1. The molecule has 0 fully saturated rings. The molecule has 0 radical (unpaired) electrons. The number of pyridine rings is 1. The molecule has 1 rings (SSSR count). The van der Waals surface area contributed by atoms with Crippen LogP contribution in [0.25, 0.3) is 0 Å². The van der Waals surface area contributed by atoms with Gasteiger partial charge < -0.3 is 16.0 Å². The topological polar surface area (TPSA) is 83.1 Å². The molecule has 0 aromatic carbocycles. The summed E-state index contributed by atoms with van der Waals surface area (Å²) < 4.78 is 0. The first kappa shape index (κ1) is 13.0. The molecule has 0 saturated heterocycles. The number of carbonyl (C=O) groups is 2. The Morgan fingerprint density at radius 1 is 1.29 bits per heavy atom. The van der Waals surface area contributed by atoms with E-state index < -0.39 is 0 Å². The summed E-state index contributed by atoms with van der Waals surface area (Å²) in [5.74, 6) is 0.690. The van der Waals surface area contributed by atoms with E-state index in [4.69, 9.17) is 0 Å². The van der Waals surface area contributed by atoms with Crippen molar-refractivity contribution in [2.24, 2.45) is 0 Å². The van der Waals surface area contributed by atoms with E-state index >= 15 is 0 Å². The third-order valence-electron chi connectivity index (χ3n) is 2.03. The molecular formula is C11H16N4O2. The number of anilines is 1. The zero-order chi connectivity index (χ0) is 12.7. The number of rotatable bonds is 5. The summed E-state index contributed by atoms with van der Waals surface area (Å²) in [5, 5.41) is 7.98. The molecule has 1 aromatic heterocycles. The summed E-state index contributed by atoms with van der Waals surface area (Å²) >= 11 is 0. The molecule has 92 valence electrons. The van der Waals surface area contributed by atoms with Gasteiger partial charge in [-0.25, -0.2) is 9.78 Å². The van der Waals surface area contributed by atoms with E-state index in [1.54, 1.807) is 13.2 Å². The normalized spacial score (nSPS) is 9.53. The minimum atomic E-state index is -0.363. The summed E-state index contributed by atoms with van der Waals surface area (Å²) in [6.07, 6.45) is 1.68. The highest BCUT2D eigenvalue weighted by atomic mass is 16.2. The first-order chi connectivity index (χ1) is 8.11. The summed E-state index contributed by atoms with van der Waals surface area (Å²) in [6, 6.07) is 3.33. The van der Waals surface area contributed by atoms with Crippen LogP contribution in [-0.2, 0) is 11.3 Å². The maximum absolute atomic E-state index is 11.2. The lowest BCUT2D eigenvalue weighted by molar-refractivity contribution is -0.116.